The Hall–Kier alpha value is -4.31. The largest absolute Gasteiger partial charge is 0.467 e. The highest BCUT2D eigenvalue weighted by molar-refractivity contribution is 6.03. The lowest BCUT2D eigenvalue weighted by atomic mass is 10.1. The summed E-state index contributed by atoms with van der Waals surface area (Å²) < 4.78 is 18.2. The molecule has 1 aliphatic rings. The molecule has 0 fully saturated rings. The molecule has 2 aromatic heterocycles. The molecule has 1 aliphatic heterocycles. The van der Waals surface area contributed by atoms with Crippen LogP contribution in [0.3, 0.4) is 0 Å². The standard InChI is InChI=1S/C25H22N4O6/c1-15(2)28-24-21(11-26-28)20(10-22(27-24)16-6-4-3-5-7-16)25(30)34-13-18-9-19(29(31)32)8-17-12-33-14-35-23(17)18/h3-11,15H,12-14H2,1-2H3. The number of nitro benzene ring substituents is 1. The van der Waals surface area contributed by atoms with E-state index in [-0.39, 0.29) is 31.7 Å². The van der Waals surface area contributed by atoms with E-state index in [9.17, 15) is 14.9 Å². The molecule has 0 aliphatic carbocycles. The van der Waals surface area contributed by atoms with E-state index in [0.29, 0.717) is 39.2 Å². The summed E-state index contributed by atoms with van der Waals surface area (Å²) in [5, 5.41) is 16.4. The molecule has 0 bridgehead atoms. The number of non-ortho nitro benzene ring substituents is 1. The zero-order valence-electron chi connectivity index (χ0n) is 19.1. The normalized spacial score (nSPS) is 12.9. The predicted molar refractivity (Wildman–Crippen MR) is 126 cm³/mol. The van der Waals surface area contributed by atoms with Gasteiger partial charge in [0.15, 0.2) is 12.4 Å². The Morgan fingerprint density at radius 1 is 1.23 bits per heavy atom. The van der Waals surface area contributed by atoms with Gasteiger partial charge in [-0.05, 0) is 19.9 Å². The molecule has 0 atom stereocenters. The van der Waals surface area contributed by atoms with Gasteiger partial charge >= 0.3 is 5.97 Å². The number of nitrogens with zero attached hydrogens (tertiary/aromatic N) is 4. The Labute approximate surface area is 200 Å². The monoisotopic (exact) mass is 474 g/mol. The Morgan fingerprint density at radius 2 is 2.03 bits per heavy atom. The fourth-order valence-corrected chi connectivity index (χ4v) is 4.04. The van der Waals surface area contributed by atoms with Crippen molar-refractivity contribution in [2.45, 2.75) is 33.1 Å². The lowest BCUT2D eigenvalue weighted by molar-refractivity contribution is -0.385. The van der Waals surface area contributed by atoms with Crippen molar-refractivity contribution in [1.29, 1.82) is 0 Å². The number of hydrogen-bond acceptors (Lipinski definition) is 8. The summed E-state index contributed by atoms with van der Waals surface area (Å²) in [5.41, 5.74) is 3.15. The maximum Gasteiger partial charge on any atom is 0.339 e. The van der Waals surface area contributed by atoms with Gasteiger partial charge in [-0.3, -0.25) is 10.1 Å². The molecule has 2 aromatic carbocycles. The number of aromatic nitrogens is 3. The van der Waals surface area contributed by atoms with Crippen LogP contribution in [0.25, 0.3) is 22.3 Å². The first-order valence-corrected chi connectivity index (χ1v) is 11.0. The first-order valence-electron chi connectivity index (χ1n) is 11.0. The fourth-order valence-electron chi connectivity index (χ4n) is 4.04. The number of ether oxygens (including phenoxy) is 3. The number of nitro groups is 1. The van der Waals surface area contributed by atoms with Gasteiger partial charge in [0.2, 0.25) is 0 Å². The number of esters is 1. The lowest BCUT2D eigenvalue weighted by Crippen LogP contribution is -2.15. The molecule has 5 rings (SSSR count). The van der Waals surface area contributed by atoms with E-state index in [0.717, 1.165) is 5.56 Å². The van der Waals surface area contributed by atoms with Gasteiger partial charge in [-0.1, -0.05) is 30.3 Å². The molecule has 0 radical (unpaired) electrons. The highest BCUT2D eigenvalue weighted by atomic mass is 16.7. The van der Waals surface area contributed by atoms with Gasteiger partial charge in [-0.15, -0.1) is 0 Å². The molecular formula is C25H22N4O6. The topological polar surface area (TPSA) is 119 Å². The number of fused-ring (bicyclic) bond motifs is 2. The minimum absolute atomic E-state index is 0.0194. The number of rotatable bonds is 6. The van der Waals surface area contributed by atoms with Crippen LogP contribution in [0.2, 0.25) is 0 Å². The maximum absolute atomic E-state index is 13.3. The lowest BCUT2D eigenvalue weighted by Gasteiger charge is -2.20. The number of pyridine rings is 1. The van der Waals surface area contributed by atoms with Crippen LogP contribution < -0.4 is 4.74 Å². The van der Waals surface area contributed by atoms with Gasteiger partial charge in [0.1, 0.15) is 12.4 Å². The van der Waals surface area contributed by atoms with E-state index in [2.05, 4.69) is 5.10 Å². The van der Waals surface area contributed by atoms with Crippen molar-refractivity contribution >= 4 is 22.7 Å². The highest BCUT2D eigenvalue weighted by Crippen LogP contribution is 2.34. The number of benzene rings is 2. The molecule has 35 heavy (non-hydrogen) atoms. The first-order chi connectivity index (χ1) is 16.9. The maximum atomic E-state index is 13.3. The Kier molecular flexibility index (Phi) is 5.87. The summed E-state index contributed by atoms with van der Waals surface area (Å²) >= 11 is 0. The van der Waals surface area contributed by atoms with E-state index in [1.165, 1.54) is 12.1 Å². The third-order valence-electron chi connectivity index (χ3n) is 5.69. The SMILES string of the molecule is CC(C)n1ncc2c(C(=O)OCc3cc([N+](=O)[O-])cc4c3OCOC4)cc(-c3ccccc3)nc21. The van der Waals surface area contributed by atoms with Crippen LogP contribution in [0.5, 0.6) is 5.75 Å². The molecule has 4 aromatic rings. The van der Waals surface area contributed by atoms with Crippen molar-refractivity contribution in [2.24, 2.45) is 0 Å². The van der Waals surface area contributed by atoms with Crippen molar-refractivity contribution in [2.75, 3.05) is 6.79 Å². The predicted octanol–water partition coefficient (Wildman–Crippen LogP) is 4.81. The van der Waals surface area contributed by atoms with Gasteiger partial charge < -0.3 is 14.2 Å². The van der Waals surface area contributed by atoms with E-state index in [1.807, 2.05) is 44.2 Å². The average Bonchev–Trinajstić information content (AvgIpc) is 3.31. The van der Waals surface area contributed by atoms with Crippen molar-refractivity contribution < 1.29 is 23.9 Å². The molecule has 0 N–H and O–H groups in total. The molecule has 3 heterocycles. The molecular weight excluding hydrogens is 452 g/mol. The molecule has 0 amide bonds. The molecule has 10 heteroatoms. The zero-order valence-corrected chi connectivity index (χ0v) is 19.1. The van der Waals surface area contributed by atoms with Crippen molar-refractivity contribution in [1.82, 2.24) is 14.8 Å². The van der Waals surface area contributed by atoms with E-state index in [1.54, 1.807) is 16.9 Å². The number of carbonyl (C=O) groups excluding carboxylic acids is 1. The summed E-state index contributed by atoms with van der Waals surface area (Å²) in [6.45, 7) is 3.96. The van der Waals surface area contributed by atoms with Crippen LogP contribution in [0.1, 0.15) is 41.4 Å². The second kappa shape index (κ2) is 9.15. The molecule has 0 saturated heterocycles. The van der Waals surface area contributed by atoms with Crippen LogP contribution in [-0.4, -0.2) is 32.5 Å². The third kappa shape index (κ3) is 4.31. The summed E-state index contributed by atoms with van der Waals surface area (Å²) in [5.74, 6) is -0.155. The summed E-state index contributed by atoms with van der Waals surface area (Å²) in [6.07, 6.45) is 1.60. The molecule has 10 nitrogen and oxygen atoms in total. The van der Waals surface area contributed by atoms with Crippen LogP contribution in [0, 0.1) is 10.1 Å². The van der Waals surface area contributed by atoms with Crippen molar-refractivity contribution in [3.05, 3.63) is 81.5 Å². The van der Waals surface area contributed by atoms with Crippen LogP contribution >= 0.6 is 0 Å². The summed E-state index contributed by atoms with van der Waals surface area (Å²) in [4.78, 5) is 28.9. The van der Waals surface area contributed by atoms with Gasteiger partial charge in [0.25, 0.3) is 5.69 Å². The minimum Gasteiger partial charge on any atom is -0.467 e. The Morgan fingerprint density at radius 3 is 2.77 bits per heavy atom. The first kappa shape index (κ1) is 22.5. The molecule has 0 saturated carbocycles. The zero-order chi connectivity index (χ0) is 24.5. The van der Waals surface area contributed by atoms with Crippen LogP contribution in [0.4, 0.5) is 5.69 Å². The third-order valence-corrected chi connectivity index (χ3v) is 5.69. The summed E-state index contributed by atoms with van der Waals surface area (Å²) in [7, 11) is 0. The summed E-state index contributed by atoms with van der Waals surface area (Å²) in [6, 6.07) is 14.0. The van der Waals surface area contributed by atoms with Gasteiger partial charge in [-0.2, -0.15) is 5.10 Å². The van der Waals surface area contributed by atoms with E-state index in [4.69, 9.17) is 19.2 Å². The molecule has 0 spiro atoms. The number of hydrogen-bond donors (Lipinski definition) is 0. The second-order valence-corrected chi connectivity index (χ2v) is 8.38. The van der Waals surface area contributed by atoms with Crippen LogP contribution in [-0.2, 0) is 22.7 Å². The highest BCUT2D eigenvalue weighted by Gasteiger charge is 2.24. The van der Waals surface area contributed by atoms with Gasteiger partial charge in [0, 0.05) is 34.9 Å². The molecule has 0 unspecified atom stereocenters. The van der Waals surface area contributed by atoms with Gasteiger partial charge in [-0.25, -0.2) is 14.5 Å². The average molecular weight is 474 g/mol. The van der Waals surface area contributed by atoms with E-state index >= 15 is 0 Å². The van der Waals surface area contributed by atoms with E-state index < -0.39 is 10.9 Å². The van der Waals surface area contributed by atoms with Crippen LogP contribution in [0.15, 0.2) is 54.7 Å². The number of carbonyl (C=O) groups is 1. The quantitative estimate of drug-likeness (QED) is 0.222. The minimum atomic E-state index is -0.592. The fraction of sp³-hybridized carbons (Fsp3) is 0.240. The smallest absolute Gasteiger partial charge is 0.339 e. The second-order valence-electron chi connectivity index (χ2n) is 8.38. The Balaban J connectivity index is 1.52. The van der Waals surface area contributed by atoms with Crippen molar-refractivity contribution in [3.8, 4) is 17.0 Å². The molecule has 178 valence electrons. The Bertz CT molecular complexity index is 1430. The van der Waals surface area contributed by atoms with Gasteiger partial charge in [0.05, 0.1) is 34.4 Å². The van der Waals surface area contributed by atoms with Crippen molar-refractivity contribution in [3.63, 3.8) is 0 Å².